The summed E-state index contributed by atoms with van der Waals surface area (Å²) in [7, 11) is 0. The normalized spacial score (nSPS) is 13.7. The van der Waals surface area contributed by atoms with E-state index in [1.54, 1.807) is 0 Å². The topological polar surface area (TPSA) is 11.4 Å². The van der Waals surface area contributed by atoms with E-state index in [1.165, 1.54) is 88.2 Å². The van der Waals surface area contributed by atoms with Crippen molar-refractivity contribution in [1.82, 2.24) is 4.57 Å². The average molecular weight is 936 g/mol. The van der Waals surface area contributed by atoms with Gasteiger partial charge in [-0.3, -0.25) is 0 Å². The summed E-state index contributed by atoms with van der Waals surface area (Å²) in [6.45, 7) is 9.53. The van der Waals surface area contributed by atoms with Crippen LogP contribution in [0.3, 0.4) is 0 Å². The van der Waals surface area contributed by atoms with E-state index in [-0.39, 0.29) is 10.8 Å². The lowest BCUT2D eigenvalue weighted by atomic mass is 9.82. The molecule has 0 saturated heterocycles. The molecule has 0 radical (unpaired) electrons. The number of anilines is 6. The first kappa shape index (κ1) is 42.9. The molecule has 0 bridgehead atoms. The first-order valence-corrected chi connectivity index (χ1v) is 25.6. The highest BCUT2D eigenvalue weighted by Gasteiger charge is 2.38. The second kappa shape index (κ2) is 16.3. The van der Waals surface area contributed by atoms with E-state index in [4.69, 9.17) is 0 Å². The van der Waals surface area contributed by atoms with Crippen LogP contribution in [0.15, 0.2) is 249 Å². The van der Waals surface area contributed by atoms with Crippen LogP contribution in [0.4, 0.5) is 34.1 Å². The van der Waals surface area contributed by atoms with E-state index in [1.807, 2.05) is 0 Å². The Morgan fingerprint density at radius 3 is 1.34 bits per heavy atom. The van der Waals surface area contributed by atoms with E-state index in [0.717, 1.165) is 39.8 Å². The molecule has 73 heavy (non-hydrogen) atoms. The van der Waals surface area contributed by atoms with Gasteiger partial charge in [-0.2, -0.15) is 0 Å². The van der Waals surface area contributed by atoms with Crippen LogP contribution in [0.25, 0.3) is 71.6 Å². The Morgan fingerprint density at radius 2 is 0.740 bits per heavy atom. The van der Waals surface area contributed by atoms with Gasteiger partial charge in [0, 0.05) is 61.4 Å². The second-order valence-electron chi connectivity index (χ2n) is 21.0. The minimum absolute atomic E-state index is 0.141. The van der Waals surface area contributed by atoms with Crippen LogP contribution in [0.2, 0.25) is 0 Å². The molecular weight excluding hydrogens is 883 g/mol. The van der Waals surface area contributed by atoms with Crippen LogP contribution in [0.1, 0.15) is 49.9 Å². The highest BCUT2D eigenvalue weighted by molar-refractivity contribution is 6.22. The van der Waals surface area contributed by atoms with E-state index in [2.05, 4.69) is 291 Å². The Balaban J connectivity index is 0.891. The van der Waals surface area contributed by atoms with Crippen LogP contribution in [0, 0.1) is 0 Å². The van der Waals surface area contributed by atoms with Gasteiger partial charge in [0.2, 0.25) is 0 Å². The summed E-state index contributed by atoms with van der Waals surface area (Å²) in [5.74, 6) is 0. The summed E-state index contributed by atoms with van der Waals surface area (Å²) in [4.78, 5) is 4.84. The second-order valence-corrected chi connectivity index (χ2v) is 21.0. The minimum Gasteiger partial charge on any atom is -0.310 e. The number of hydrogen-bond donors (Lipinski definition) is 0. The van der Waals surface area contributed by atoms with Crippen molar-refractivity contribution in [2.75, 3.05) is 9.80 Å². The number of hydrogen-bond acceptors (Lipinski definition) is 2. The molecule has 348 valence electrons. The van der Waals surface area contributed by atoms with Gasteiger partial charge < -0.3 is 14.4 Å². The predicted molar refractivity (Wildman–Crippen MR) is 308 cm³/mol. The highest BCUT2D eigenvalue weighted by Crippen LogP contribution is 2.54. The summed E-state index contributed by atoms with van der Waals surface area (Å²) in [6.07, 6.45) is 0. The summed E-state index contributed by atoms with van der Waals surface area (Å²) < 4.78 is 2.41. The van der Waals surface area contributed by atoms with Crippen molar-refractivity contribution >= 4 is 66.7 Å². The fourth-order valence-electron chi connectivity index (χ4n) is 12.5. The van der Waals surface area contributed by atoms with Gasteiger partial charge in [0.05, 0.1) is 11.0 Å². The quantitative estimate of drug-likeness (QED) is 0.150. The fourth-order valence-corrected chi connectivity index (χ4v) is 12.5. The third kappa shape index (κ3) is 6.65. The molecule has 0 saturated carbocycles. The molecule has 0 fully saturated rings. The number of aromatic nitrogens is 1. The van der Waals surface area contributed by atoms with Crippen LogP contribution in [-0.2, 0) is 10.8 Å². The zero-order chi connectivity index (χ0) is 49.0. The maximum absolute atomic E-state index is 2.48. The van der Waals surface area contributed by atoms with Crippen molar-refractivity contribution in [3.63, 3.8) is 0 Å². The summed E-state index contributed by atoms with van der Waals surface area (Å²) in [5.41, 5.74) is 23.0. The van der Waals surface area contributed by atoms with E-state index < -0.39 is 0 Å². The molecule has 1 heterocycles. The molecular formula is C70H53N3. The number of benzene rings is 11. The summed E-state index contributed by atoms with van der Waals surface area (Å²) in [5, 5.41) is 5.05. The average Bonchev–Trinajstić information content (AvgIpc) is 3.99. The molecule has 0 aliphatic heterocycles. The van der Waals surface area contributed by atoms with Gasteiger partial charge in [0.1, 0.15) is 0 Å². The van der Waals surface area contributed by atoms with Gasteiger partial charge in [-0.05, 0) is 170 Å². The molecule has 1 aromatic heterocycles. The monoisotopic (exact) mass is 935 g/mol. The van der Waals surface area contributed by atoms with Crippen molar-refractivity contribution < 1.29 is 0 Å². The van der Waals surface area contributed by atoms with E-state index >= 15 is 0 Å². The SMILES string of the molecule is CC1(C)c2ccccc2-c2ccc(N(c3ccc(-c4ccc5c(c4)c4c6ccccc6ccc4n5-c4ccccc4)cc3)c3ccc4c(c3)C(C)(C)c3cc(N(c5ccccc5)c5ccccc5)ccc3-4)cc21. The Morgan fingerprint density at radius 1 is 0.301 bits per heavy atom. The molecule has 2 aliphatic carbocycles. The summed E-state index contributed by atoms with van der Waals surface area (Å²) in [6, 6.07) is 92.0. The van der Waals surface area contributed by atoms with Crippen molar-refractivity contribution in [3.8, 4) is 39.1 Å². The molecule has 0 atom stereocenters. The lowest BCUT2D eigenvalue weighted by molar-refractivity contribution is 0.660. The lowest BCUT2D eigenvalue weighted by Gasteiger charge is -2.30. The zero-order valence-corrected chi connectivity index (χ0v) is 41.5. The maximum atomic E-state index is 2.48. The number of para-hydroxylation sites is 3. The first-order valence-electron chi connectivity index (χ1n) is 25.6. The van der Waals surface area contributed by atoms with Crippen molar-refractivity contribution in [1.29, 1.82) is 0 Å². The Hall–Kier alpha value is -8.92. The fraction of sp³-hybridized carbons (Fsp3) is 0.0857. The Bertz CT molecular complexity index is 4090. The molecule has 2 aliphatic rings. The van der Waals surface area contributed by atoms with Gasteiger partial charge in [-0.25, -0.2) is 0 Å². The van der Waals surface area contributed by atoms with Gasteiger partial charge in [0.15, 0.2) is 0 Å². The van der Waals surface area contributed by atoms with Crippen LogP contribution < -0.4 is 9.80 Å². The van der Waals surface area contributed by atoms with Gasteiger partial charge in [-0.15, -0.1) is 0 Å². The zero-order valence-electron chi connectivity index (χ0n) is 41.5. The maximum Gasteiger partial charge on any atom is 0.0547 e. The predicted octanol–water partition coefficient (Wildman–Crippen LogP) is 19.2. The molecule has 3 heteroatoms. The van der Waals surface area contributed by atoms with Crippen LogP contribution in [0.5, 0.6) is 0 Å². The summed E-state index contributed by atoms with van der Waals surface area (Å²) >= 11 is 0. The molecule has 0 unspecified atom stereocenters. The van der Waals surface area contributed by atoms with Crippen molar-refractivity contribution in [2.45, 2.75) is 38.5 Å². The molecule has 0 amide bonds. The van der Waals surface area contributed by atoms with Crippen molar-refractivity contribution in [2.24, 2.45) is 0 Å². The Labute approximate surface area is 427 Å². The first-order chi connectivity index (χ1) is 35.7. The van der Waals surface area contributed by atoms with Gasteiger partial charge in [-0.1, -0.05) is 173 Å². The smallest absolute Gasteiger partial charge is 0.0547 e. The lowest BCUT2D eigenvalue weighted by Crippen LogP contribution is -2.18. The van der Waals surface area contributed by atoms with Gasteiger partial charge >= 0.3 is 0 Å². The van der Waals surface area contributed by atoms with E-state index in [9.17, 15) is 0 Å². The van der Waals surface area contributed by atoms with Crippen LogP contribution in [-0.4, -0.2) is 4.57 Å². The van der Waals surface area contributed by atoms with Gasteiger partial charge in [0.25, 0.3) is 0 Å². The molecule has 12 aromatic rings. The Kier molecular flexibility index (Phi) is 9.59. The molecule has 11 aromatic carbocycles. The number of rotatable bonds is 8. The minimum atomic E-state index is -0.263. The number of nitrogens with zero attached hydrogens (tertiary/aromatic N) is 3. The number of fused-ring (bicyclic) bond motifs is 11. The molecule has 0 N–H and O–H groups in total. The third-order valence-electron chi connectivity index (χ3n) is 16.1. The molecule has 3 nitrogen and oxygen atoms in total. The van der Waals surface area contributed by atoms with E-state index in [0.29, 0.717) is 0 Å². The molecule has 14 rings (SSSR count). The van der Waals surface area contributed by atoms with Crippen LogP contribution >= 0.6 is 0 Å². The van der Waals surface area contributed by atoms with Crippen molar-refractivity contribution in [3.05, 3.63) is 271 Å². The third-order valence-corrected chi connectivity index (χ3v) is 16.1. The standard InChI is InChI=1S/C70H53N3/c1-69(2)62-27-17-16-26-57(62)58-37-35-54(44-63(58)69)72(55-36-39-60-59-38-34-53(43-64(59)70(3,4)65(60)45-55)71(49-19-8-5-9-20-49)50-21-10-6-11-22-50)52-32-28-46(29-33-52)48-31-40-66-61(42-48)68-56-25-15-14-18-47(56)30-41-67(68)73(66)51-23-12-7-13-24-51/h5-45H,1-4H3. The highest BCUT2D eigenvalue weighted by atomic mass is 15.1. The molecule has 0 spiro atoms. The largest absolute Gasteiger partial charge is 0.310 e.